The number of hydrogen-bond donors (Lipinski definition) is 0. The molecule has 3 rings (SSSR count). The van der Waals surface area contributed by atoms with Crippen LogP contribution in [0.2, 0.25) is 0 Å². The van der Waals surface area contributed by atoms with Crippen molar-refractivity contribution in [2.75, 3.05) is 0 Å². The zero-order valence-corrected chi connectivity index (χ0v) is 14.7. The first-order valence-electron chi connectivity index (χ1n) is 7.38. The lowest BCUT2D eigenvalue weighted by Gasteiger charge is -2.20. The summed E-state index contributed by atoms with van der Waals surface area (Å²) >= 11 is 0. The van der Waals surface area contributed by atoms with Crippen molar-refractivity contribution in [3.8, 4) is 0 Å². The first-order chi connectivity index (χ1) is 11.9. The highest BCUT2D eigenvalue weighted by molar-refractivity contribution is 8.19. The molecule has 1 heterocycles. The molecular weight excluding hydrogens is 358 g/mol. The van der Waals surface area contributed by atoms with Crippen molar-refractivity contribution in [3.05, 3.63) is 96.8 Å². The van der Waals surface area contributed by atoms with Crippen LogP contribution in [0.4, 0.5) is 0 Å². The number of aromatic nitrogens is 1. The molecule has 128 valence electrons. The van der Waals surface area contributed by atoms with Crippen LogP contribution in [-0.4, -0.2) is 21.4 Å². The van der Waals surface area contributed by atoms with E-state index >= 15 is 0 Å². The minimum absolute atomic E-state index is 0.0750. The quantitative estimate of drug-likeness (QED) is 0.518. The van der Waals surface area contributed by atoms with Gasteiger partial charge >= 0.3 is 10.0 Å². The van der Waals surface area contributed by atoms with Crippen molar-refractivity contribution in [1.82, 2.24) is 0 Å². The number of pyridine rings is 1. The van der Waals surface area contributed by atoms with E-state index in [1.165, 1.54) is 48.8 Å². The minimum Gasteiger partial charge on any atom is -0.773 e. The van der Waals surface area contributed by atoms with Crippen molar-refractivity contribution < 1.29 is 21.2 Å². The van der Waals surface area contributed by atoms with Gasteiger partial charge in [0.1, 0.15) is 0 Å². The average Bonchev–Trinajstić information content (AvgIpc) is 2.64. The van der Waals surface area contributed by atoms with Gasteiger partial charge in [0.25, 0.3) is 0 Å². The van der Waals surface area contributed by atoms with Crippen LogP contribution in [-0.2, 0) is 19.8 Å². The summed E-state index contributed by atoms with van der Waals surface area (Å²) in [5.41, 5.74) is 0.114. The number of nitrogens with zero attached hydrogens (tertiary/aromatic N) is 1. The summed E-state index contributed by atoms with van der Waals surface area (Å²) in [6.45, 7) is 0. The van der Waals surface area contributed by atoms with Gasteiger partial charge in [-0.1, -0.05) is 58.6 Å². The SMILES string of the molecule is O=S(=O)(C(c1ccccc1)=S(=O)([O-])c1ccccc1)[n+]1ccccc1. The monoisotopic (exact) mass is 373 g/mol. The van der Waals surface area contributed by atoms with E-state index < -0.39 is 24.0 Å². The Bertz CT molecular complexity index is 1090. The predicted molar refractivity (Wildman–Crippen MR) is 95.1 cm³/mol. The van der Waals surface area contributed by atoms with Crippen LogP contribution in [0.3, 0.4) is 0 Å². The fourth-order valence-corrected chi connectivity index (χ4v) is 6.28. The van der Waals surface area contributed by atoms with Gasteiger partial charge in [-0.3, -0.25) is 4.21 Å². The van der Waals surface area contributed by atoms with E-state index in [4.69, 9.17) is 0 Å². The largest absolute Gasteiger partial charge is 0.773 e. The van der Waals surface area contributed by atoms with Crippen molar-refractivity contribution in [3.63, 3.8) is 0 Å². The lowest BCUT2D eigenvalue weighted by atomic mass is 10.2. The molecule has 0 spiro atoms. The summed E-state index contributed by atoms with van der Waals surface area (Å²) in [5.74, 6) is 0. The highest BCUT2D eigenvalue weighted by atomic mass is 32.3. The smallest absolute Gasteiger partial charge is 0.407 e. The standard InChI is InChI=1S/C18H15NO4S2/c20-24(21,17-12-6-2-7-13-17)18(16-10-4-1-5-11-16)25(22,23)19-14-8-3-9-15-19/h1-15H. The van der Waals surface area contributed by atoms with Gasteiger partial charge in [0, 0.05) is 22.6 Å². The number of benzene rings is 2. The van der Waals surface area contributed by atoms with E-state index in [1.54, 1.807) is 42.5 Å². The molecule has 1 atom stereocenters. The fourth-order valence-electron chi connectivity index (χ4n) is 2.36. The minimum atomic E-state index is -4.31. The van der Waals surface area contributed by atoms with Gasteiger partial charge in [-0.25, -0.2) is 0 Å². The summed E-state index contributed by atoms with van der Waals surface area (Å²) in [5, 5.41) is 0. The van der Waals surface area contributed by atoms with Crippen LogP contribution in [0.1, 0.15) is 5.56 Å². The Morgan fingerprint density at radius 2 is 1.20 bits per heavy atom. The molecule has 0 aliphatic heterocycles. The number of hydrogen-bond acceptors (Lipinski definition) is 4. The molecule has 0 bridgehead atoms. The first-order valence-corrected chi connectivity index (χ1v) is 10.3. The molecule has 1 unspecified atom stereocenters. The lowest BCUT2D eigenvalue weighted by Crippen LogP contribution is -2.48. The molecule has 0 saturated carbocycles. The van der Waals surface area contributed by atoms with Crippen LogP contribution in [0.25, 0.3) is 0 Å². The number of rotatable bonds is 3. The van der Waals surface area contributed by atoms with Gasteiger partial charge in [-0.2, -0.15) is 8.42 Å². The molecule has 0 amide bonds. The van der Waals surface area contributed by atoms with E-state index in [0.29, 0.717) is 0 Å². The molecule has 0 aliphatic carbocycles. The summed E-state index contributed by atoms with van der Waals surface area (Å²) in [6, 6.07) is 20.1. The third kappa shape index (κ3) is 3.34. The van der Waals surface area contributed by atoms with Gasteiger partial charge in [0.05, 0.1) is 0 Å². The summed E-state index contributed by atoms with van der Waals surface area (Å²) in [7, 11) is -8.57. The molecule has 1 aromatic heterocycles. The van der Waals surface area contributed by atoms with Crippen LogP contribution in [0.15, 0.2) is 96.2 Å². The Hall–Kier alpha value is -2.48. The van der Waals surface area contributed by atoms with Gasteiger partial charge < -0.3 is 4.55 Å². The molecule has 0 fully saturated rings. The van der Waals surface area contributed by atoms with E-state index in [1.807, 2.05) is 0 Å². The van der Waals surface area contributed by atoms with E-state index in [-0.39, 0.29) is 10.5 Å². The van der Waals surface area contributed by atoms with Gasteiger partial charge in [0.2, 0.25) is 0 Å². The normalized spacial score (nSPS) is 13.8. The lowest BCUT2D eigenvalue weighted by molar-refractivity contribution is -0.508. The molecule has 0 N–H and O–H groups in total. The molecule has 3 aromatic rings. The highest BCUT2D eigenvalue weighted by Gasteiger charge is 2.33. The van der Waals surface area contributed by atoms with Crippen LogP contribution < -0.4 is 3.97 Å². The molecule has 0 radical (unpaired) electrons. The van der Waals surface area contributed by atoms with E-state index in [0.717, 1.165) is 3.97 Å². The highest BCUT2D eigenvalue weighted by Crippen LogP contribution is 2.17. The van der Waals surface area contributed by atoms with Crippen molar-refractivity contribution in [1.29, 1.82) is 0 Å². The second-order valence-corrected chi connectivity index (χ2v) is 9.11. The Balaban J connectivity index is 2.41. The Kier molecular flexibility index (Phi) is 4.71. The van der Waals surface area contributed by atoms with Crippen LogP contribution in [0.5, 0.6) is 0 Å². The topological polar surface area (TPSA) is 78.1 Å². The Labute approximate surface area is 147 Å². The zero-order valence-electron chi connectivity index (χ0n) is 13.1. The molecule has 2 aromatic carbocycles. The maximum Gasteiger partial charge on any atom is 0.407 e. The third-order valence-corrected chi connectivity index (χ3v) is 7.92. The second-order valence-electron chi connectivity index (χ2n) is 5.18. The molecular formula is C18H15NO4S2. The Morgan fingerprint density at radius 1 is 0.720 bits per heavy atom. The maximum absolute atomic E-state index is 13.1. The predicted octanol–water partition coefficient (Wildman–Crippen LogP) is 1.80. The molecule has 5 nitrogen and oxygen atoms in total. The molecule has 7 heteroatoms. The molecule has 0 aliphatic rings. The molecule has 25 heavy (non-hydrogen) atoms. The van der Waals surface area contributed by atoms with Crippen molar-refractivity contribution in [2.24, 2.45) is 0 Å². The third-order valence-electron chi connectivity index (χ3n) is 3.51. The fraction of sp³-hybridized carbons (Fsp3) is 0. The van der Waals surface area contributed by atoms with E-state index in [2.05, 4.69) is 0 Å². The van der Waals surface area contributed by atoms with Crippen LogP contribution in [0, 0.1) is 0 Å². The van der Waals surface area contributed by atoms with Crippen LogP contribution >= 0.6 is 0 Å². The van der Waals surface area contributed by atoms with Crippen molar-refractivity contribution >= 4 is 24.0 Å². The summed E-state index contributed by atoms with van der Waals surface area (Å²) < 4.78 is 52.7. The maximum atomic E-state index is 13.1. The van der Waals surface area contributed by atoms with Gasteiger partial charge in [-0.15, -0.1) is 0 Å². The van der Waals surface area contributed by atoms with E-state index in [9.17, 15) is 17.2 Å². The van der Waals surface area contributed by atoms with Gasteiger partial charge in [-0.05, 0) is 21.9 Å². The van der Waals surface area contributed by atoms with Crippen molar-refractivity contribution in [2.45, 2.75) is 4.90 Å². The average molecular weight is 373 g/mol. The first kappa shape index (κ1) is 17.3. The molecule has 0 saturated heterocycles. The Morgan fingerprint density at radius 3 is 1.76 bits per heavy atom. The van der Waals surface area contributed by atoms with Gasteiger partial charge in [0.15, 0.2) is 16.6 Å². The summed E-state index contributed by atoms with van der Waals surface area (Å²) in [4.78, 5) is -0.0750. The zero-order chi connectivity index (χ0) is 17.9. The summed E-state index contributed by atoms with van der Waals surface area (Å²) in [6.07, 6.45) is 2.61. The second kappa shape index (κ2) is 6.79.